The van der Waals surface area contributed by atoms with Crippen LogP contribution < -0.4 is 0 Å². The molecule has 0 aliphatic heterocycles. The summed E-state index contributed by atoms with van der Waals surface area (Å²) in [5.41, 5.74) is 2.18. The predicted octanol–water partition coefficient (Wildman–Crippen LogP) is 2.30. The van der Waals surface area contributed by atoms with Crippen LogP contribution in [0.4, 0.5) is 0 Å². The van der Waals surface area contributed by atoms with Gasteiger partial charge in [-0.05, 0) is 25.0 Å². The van der Waals surface area contributed by atoms with Gasteiger partial charge in [0.1, 0.15) is 0 Å². The van der Waals surface area contributed by atoms with Crippen molar-refractivity contribution in [3.63, 3.8) is 0 Å². The van der Waals surface area contributed by atoms with Crippen molar-refractivity contribution in [3.8, 4) is 6.07 Å². The summed E-state index contributed by atoms with van der Waals surface area (Å²) in [6, 6.07) is 9.93. The highest BCUT2D eigenvalue weighted by atomic mass is 16.2. The summed E-state index contributed by atoms with van der Waals surface area (Å²) in [4.78, 5) is 13.6. The third-order valence-electron chi connectivity index (χ3n) is 3.04. The average Bonchev–Trinajstić information content (AvgIpc) is 2.31. The van der Waals surface area contributed by atoms with Crippen molar-refractivity contribution >= 4 is 5.91 Å². The van der Waals surface area contributed by atoms with Crippen molar-refractivity contribution in [2.75, 3.05) is 7.05 Å². The molecule has 0 N–H and O–H groups in total. The summed E-state index contributed by atoms with van der Waals surface area (Å²) >= 11 is 0. The van der Waals surface area contributed by atoms with E-state index in [0.717, 1.165) is 11.1 Å². The minimum absolute atomic E-state index is 0.0310. The molecule has 1 aromatic carbocycles. The Morgan fingerprint density at radius 3 is 2.71 bits per heavy atom. The normalized spacial score (nSPS) is 11.6. The highest BCUT2D eigenvalue weighted by molar-refractivity contribution is 5.79. The van der Waals surface area contributed by atoms with Crippen LogP contribution in [0.25, 0.3) is 0 Å². The number of aryl methyl sites for hydroxylation is 1. The summed E-state index contributed by atoms with van der Waals surface area (Å²) in [6.45, 7) is 3.89. The molecule has 0 aliphatic carbocycles. The van der Waals surface area contributed by atoms with Gasteiger partial charge in [0.15, 0.2) is 0 Å². The molecule has 3 nitrogen and oxygen atoms in total. The van der Waals surface area contributed by atoms with E-state index in [-0.39, 0.29) is 11.9 Å². The number of hydrogen-bond acceptors (Lipinski definition) is 2. The molecule has 0 heterocycles. The molecular weight excluding hydrogens is 212 g/mol. The predicted molar refractivity (Wildman–Crippen MR) is 67.3 cm³/mol. The number of amides is 1. The first-order valence-corrected chi connectivity index (χ1v) is 5.73. The molecule has 0 aromatic heterocycles. The van der Waals surface area contributed by atoms with E-state index in [4.69, 9.17) is 5.26 Å². The van der Waals surface area contributed by atoms with Gasteiger partial charge >= 0.3 is 0 Å². The van der Waals surface area contributed by atoms with Crippen molar-refractivity contribution < 1.29 is 4.79 Å². The summed E-state index contributed by atoms with van der Waals surface area (Å²) in [5.74, 6) is 0.0575. The van der Waals surface area contributed by atoms with Crippen molar-refractivity contribution in [1.82, 2.24) is 4.90 Å². The standard InChI is InChI=1S/C14H18N2O/c1-11-6-4-5-7-13(11)10-14(17)16(3)12(2)8-9-15/h4-7,12H,8,10H2,1-3H3. The second-order valence-electron chi connectivity index (χ2n) is 4.32. The van der Waals surface area contributed by atoms with Crippen LogP contribution in [-0.2, 0) is 11.2 Å². The highest BCUT2D eigenvalue weighted by Gasteiger charge is 2.16. The van der Waals surface area contributed by atoms with E-state index in [9.17, 15) is 4.79 Å². The minimum Gasteiger partial charge on any atom is -0.342 e. The van der Waals surface area contributed by atoms with Crippen LogP contribution >= 0.6 is 0 Å². The monoisotopic (exact) mass is 230 g/mol. The third-order valence-corrected chi connectivity index (χ3v) is 3.04. The first-order chi connectivity index (χ1) is 8.06. The molecule has 0 spiro atoms. The topological polar surface area (TPSA) is 44.1 Å². The van der Waals surface area contributed by atoms with Gasteiger partial charge in [0.25, 0.3) is 0 Å². The molecule has 1 rings (SSSR count). The molecule has 0 saturated heterocycles. The molecule has 1 atom stereocenters. The maximum Gasteiger partial charge on any atom is 0.227 e. The van der Waals surface area contributed by atoms with Crippen molar-refractivity contribution in [2.45, 2.75) is 32.7 Å². The largest absolute Gasteiger partial charge is 0.342 e. The zero-order valence-electron chi connectivity index (χ0n) is 10.6. The smallest absolute Gasteiger partial charge is 0.227 e. The number of nitriles is 1. The maximum absolute atomic E-state index is 12.0. The van der Waals surface area contributed by atoms with Crippen LogP contribution in [0, 0.1) is 18.3 Å². The number of nitrogens with zero attached hydrogens (tertiary/aromatic N) is 2. The summed E-state index contributed by atoms with van der Waals surface area (Å²) < 4.78 is 0. The molecule has 1 aromatic rings. The molecule has 0 saturated carbocycles. The lowest BCUT2D eigenvalue weighted by molar-refractivity contribution is -0.130. The number of benzene rings is 1. The Kier molecular flexibility index (Phi) is 4.71. The van der Waals surface area contributed by atoms with Gasteiger partial charge in [0.05, 0.1) is 18.9 Å². The van der Waals surface area contributed by atoms with Crippen LogP contribution in [0.3, 0.4) is 0 Å². The van der Waals surface area contributed by atoms with Crippen LogP contribution in [0.2, 0.25) is 0 Å². The zero-order valence-corrected chi connectivity index (χ0v) is 10.6. The highest BCUT2D eigenvalue weighted by Crippen LogP contribution is 2.10. The van der Waals surface area contributed by atoms with E-state index in [0.29, 0.717) is 12.8 Å². The third kappa shape index (κ3) is 3.60. The van der Waals surface area contributed by atoms with E-state index in [2.05, 4.69) is 6.07 Å². The van der Waals surface area contributed by atoms with E-state index in [1.807, 2.05) is 38.1 Å². The number of likely N-dealkylation sites (N-methyl/N-ethyl adjacent to an activating group) is 1. The molecule has 17 heavy (non-hydrogen) atoms. The van der Waals surface area contributed by atoms with Gasteiger partial charge < -0.3 is 4.90 Å². The van der Waals surface area contributed by atoms with E-state index >= 15 is 0 Å². The molecule has 1 amide bonds. The van der Waals surface area contributed by atoms with E-state index in [1.54, 1.807) is 11.9 Å². The van der Waals surface area contributed by atoms with Gasteiger partial charge in [-0.1, -0.05) is 24.3 Å². The summed E-state index contributed by atoms with van der Waals surface area (Å²) in [7, 11) is 1.75. The molecule has 1 unspecified atom stereocenters. The summed E-state index contributed by atoms with van der Waals surface area (Å²) in [6.07, 6.45) is 0.773. The fourth-order valence-electron chi connectivity index (χ4n) is 1.61. The Labute approximate surface area is 103 Å². The van der Waals surface area contributed by atoms with Gasteiger partial charge in [-0.25, -0.2) is 0 Å². The maximum atomic E-state index is 12.0. The molecule has 90 valence electrons. The molecular formula is C14H18N2O. The lowest BCUT2D eigenvalue weighted by Gasteiger charge is -2.23. The number of rotatable bonds is 4. The quantitative estimate of drug-likeness (QED) is 0.796. The van der Waals surface area contributed by atoms with Crippen molar-refractivity contribution in [1.29, 1.82) is 5.26 Å². The van der Waals surface area contributed by atoms with Crippen LogP contribution in [0.15, 0.2) is 24.3 Å². The molecule has 0 fully saturated rings. The Morgan fingerprint density at radius 2 is 2.12 bits per heavy atom. The molecule has 3 heteroatoms. The number of carbonyl (C=O) groups is 1. The SMILES string of the molecule is Cc1ccccc1CC(=O)N(C)C(C)CC#N. The first-order valence-electron chi connectivity index (χ1n) is 5.73. The summed E-state index contributed by atoms with van der Waals surface area (Å²) in [5, 5.41) is 8.61. The number of carbonyl (C=O) groups excluding carboxylic acids is 1. The van der Waals surface area contributed by atoms with Crippen LogP contribution in [0.5, 0.6) is 0 Å². The first kappa shape index (κ1) is 13.2. The minimum atomic E-state index is -0.0310. The van der Waals surface area contributed by atoms with Crippen molar-refractivity contribution in [3.05, 3.63) is 35.4 Å². The molecule has 0 radical (unpaired) electrons. The Hall–Kier alpha value is -1.82. The Bertz CT molecular complexity index is 434. The Morgan fingerprint density at radius 1 is 1.47 bits per heavy atom. The molecule has 0 bridgehead atoms. The van der Waals surface area contributed by atoms with Gasteiger partial charge in [-0.3, -0.25) is 4.79 Å². The van der Waals surface area contributed by atoms with Crippen LogP contribution in [0.1, 0.15) is 24.5 Å². The zero-order chi connectivity index (χ0) is 12.8. The van der Waals surface area contributed by atoms with Gasteiger partial charge in [-0.2, -0.15) is 5.26 Å². The van der Waals surface area contributed by atoms with Gasteiger partial charge in [0.2, 0.25) is 5.91 Å². The lowest BCUT2D eigenvalue weighted by Crippen LogP contribution is -2.36. The van der Waals surface area contributed by atoms with Gasteiger partial charge in [0, 0.05) is 13.1 Å². The fourth-order valence-corrected chi connectivity index (χ4v) is 1.61. The van der Waals surface area contributed by atoms with Gasteiger partial charge in [-0.15, -0.1) is 0 Å². The second kappa shape index (κ2) is 6.05. The average molecular weight is 230 g/mol. The van der Waals surface area contributed by atoms with E-state index in [1.165, 1.54) is 0 Å². The lowest BCUT2D eigenvalue weighted by atomic mass is 10.0. The molecule has 0 aliphatic rings. The Balaban J connectivity index is 2.67. The number of hydrogen-bond donors (Lipinski definition) is 0. The van der Waals surface area contributed by atoms with E-state index < -0.39 is 0 Å². The fraction of sp³-hybridized carbons (Fsp3) is 0.429. The second-order valence-corrected chi connectivity index (χ2v) is 4.32. The van der Waals surface area contributed by atoms with Crippen LogP contribution in [-0.4, -0.2) is 23.9 Å². The van der Waals surface area contributed by atoms with Crippen molar-refractivity contribution in [2.24, 2.45) is 0 Å².